The predicted octanol–water partition coefficient (Wildman–Crippen LogP) is 4.31. The maximum Gasteiger partial charge on any atom is 0.127 e. The first-order valence-corrected chi connectivity index (χ1v) is 7.16. The van der Waals surface area contributed by atoms with Gasteiger partial charge < -0.3 is 4.79 Å². The Labute approximate surface area is 113 Å². The maximum absolute atomic E-state index is 11.6. The first-order valence-electron chi connectivity index (χ1n) is 7.16. The summed E-state index contributed by atoms with van der Waals surface area (Å²) in [7, 11) is 0. The molecule has 2 saturated carbocycles. The van der Waals surface area contributed by atoms with Gasteiger partial charge in [-0.3, -0.25) is 0 Å². The molecule has 0 aromatic heterocycles. The number of carbonyl (C=O) groups is 1. The fourth-order valence-corrected chi connectivity index (χ4v) is 4.66. The summed E-state index contributed by atoms with van der Waals surface area (Å²) in [6, 6.07) is 15.2. The Balaban J connectivity index is 1.82. The van der Waals surface area contributed by atoms with Crippen LogP contribution in [-0.2, 0) is 4.79 Å². The van der Waals surface area contributed by atoms with Gasteiger partial charge in [-0.2, -0.15) is 0 Å². The van der Waals surface area contributed by atoms with Crippen molar-refractivity contribution in [2.24, 2.45) is 10.8 Å². The molecule has 2 aliphatic rings. The number of benzene rings is 2. The molecular weight excluding hydrogens is 232 g/mol. The fraction of sp³-hybridized carbons (Fsp3) is 0.389. The molecule has 0 radical (unpaired) electrons. The molecule has 3 atom stereocenters. The summed E-state index contributed by atoms with van der Waals surface area (Å²) >= 11 is 0. The largest absolute Gasteiger partial charge is 0.303 e. The van der Waals surface area contributed by atoms with Crippen LogP contribution in [0, 0.1) is 10.8 Å². The monoisotopic (exact) mass is 250 g/mol. The Hall–Kier alpha value is -1.63. The fourth-order valence-electron chi connectivity index (χ4n) is 4.66. The molecule has 0 spiro atoms. The van der Waals surface area contributed by atoms with Crippen LogP contribution in [0.2, 0.25) is 0 Å². The maximum atomic E-state index is 11.6. The van der Waals surface area contributed by atoms with E-state index in [-0.39, 0.29) is 10.8 Å². The molecule has 2 aromatic rings. The number of hydrogen-bond donors (Lipinski definition) is 0. The summed E-state index contributed by atoms with van der Waals surface area (Å²) < 4.78 is 0. The molecule has 0 bridgehead atoms. The molecule has 0 aliphatic heterocycles. The Morgan fingerprint density at radius 3 is 2.63 bits per heavy atom. The van der Waals surface area contributed by atoms with Crippen molar-refractivity contribution in [1.29, 1.82) is 0 Å². The van der Waals surface area contributed by atoms with E-state index in [1.807, 2.05) is 0 Å². The van der Waals surface area contributed by atoms with Gasteiger partial charge in [0.05, 0.1) is 0 Å². The SMILES string of the molecule is C[C@]12CCC[C@@]1(C=O)[C@@H]2c1ccc2ccccc2c1. The summed E-state index contributed by atoms with van der Waals surface area (Å²) in [6.45, 7) is 2.30. The van der Waals surface area contributed by atoms with E-state index in [0.717, 1.165) is 6.42 Å². The zero-order valence-electron chi connectivity index (χ0n) is 11.2. The second-order valence-corrected chi connectivity index (χ2v) is 6.47. The average Bonchev–Trinajstić information content (AvgIpc) is 2.79. The molecule has 0 unspecified atom stereocenters. The van der Waals surface area contributed by atoms with Crippen molar-refractivity contribution in [3.05, 3.63) is 48.0 Å². The van der Waals surface area contributed by atoms with Crippen molar-refractivity contribution in [3.63, 3.8) is 0 Å². The van der Waals surface area contributed by atoms with Gasteiger partial charge in [-0.05, 0) is 34.6 Å². The molecule has 19 heavy (non-hydrogen) atoms. The van der Waals surface area contributed by atoms with Gasteiger partial charge in [-0.25, -0.2) is 0 Å². The Kier molecular flexibility index (Phi) is 2.05. The highest BCUT2D eigenvalue weighted by Crippen LogP contribution is 2.80. The van der Waals surface area contributed by atoms with Crippen molar-refractivity contribution >= 4 is 17.1 Å². The van der Waals surface area contributed by atoms with Gasteiger partial charge in [0.15, 0.2) is 0 Å². The number of aldehydes is 1. The van der Waals surface area contributed by atoms with Crippen LogP contribution in [0.15, 0.2) is 42.5 Å². The standard InChI is InChI=1S/C18H18O/c1-17-9-4-10-18(17,12-19)16(17)15-8-7-13-5-2-3-6-14(13)11-15/h2-3,5-8,11-12,16H,4,9-10H2,1H3/t16-,17-,18-/m1/s1. The van der Waals surface area contributed by atoms with Crippen LogP contribution in [0.25, 0.3) is 10.8 Å². The van der Waals surface area contributed by atoms with E-state index >= 15 is 0 Å². The highest BCUT2D eigenvalue weighted by Gasteiger charge is 2.75. The summed E-state index contributed by atoms with van der Waals surface area (Å²) in [6.07, 6.45) is 4.73. The quantitative estimate of drug-likeness (QED) is 0.726. The molecule has 2 fully saturated rings. The molecule has 0 heterocycles. The van der Waals surface area contributed by atoms with Crippen LogP contribution >= 0.6 is 0 Å². The highest BCUT2D eigenvalue weighted by molar-refractivity contribution is 5.84. The van der Waals surface area contributed by atoms with E-state index in [9.17, 15) is 4.79 Å². The number of rotatable bonds is 2. The molecule has 1 nitrogen and oxygen atoms in total. The Morgan fingerprint density at radius 1 is 1.11 bits per heavy atom. The smallest absolute Gasteiger partial charge is 0.127 e. The number of carbonyl (C=O) groups excluding carboxylic acids is 1. The predicted molar refractivity (Wildman–Crippen MR) is 77.1 cm³/mol. The summed E-state index contributed by atoms with van der Waals surface area (Å²) in [5.41, 5.74) is 1.51. The average molecular weight is 250 g/mol. The van der Waals surface area contributed by atoms with Gasteiger partial charge >= 0.3 is 0 Å². The van der Waals surface area contributed by atoms with Crippen LogP contribution in [0.3, 0.4) is 0 Å². The van der Waals surface area contributed by atoms with E-state index in [1.54, 1.807) is 0 Å². The van der Waals surface area contributed by atoms with Gasteiger partial charge in [-0.1, -0.05) is 55.8 Å². The van der Waals surface area contributed by atoms with Gasteiger partial charge in [0.1, 0.15) is 6.29 Å². The number of fused-ring (bicyclic) bond motifs is 2. The lowest BCUT2D eigenvalue weighted by Crippen LogP contribution is -2.05. The topological polar surface area (TPSA) is 17.1 Å². The van der Waals surface area contributed by atoms with Gasteiger partial charge in [0.2, 0.25) is 0 Å². The van der Waals surface area contributed by atoms with Crippen molar-refractivity contribution < 1.29 is 4.79 Å². The third kappa shape index (κ3) is 1.23. The van der Waals surface area contributed by atoms with Crippen molar-refractivity contribution in [1.82, 2.24) is 0 Å². The number of hydrogen-bond acceptors (Lipinski definition) is 1. The first kappa shape index (κ1) is 11.2. The van der Waals surface area contributed by atoms with E-state index in [1.165, 1.54) is 35.5 Å². The van der Waals surface area contributed by atoms with E-state index < -0.39 is 0 Å². The van der Waals surface area contributed by atoms with E-state index in [4.69, 9.17) is 0 Å². The van der Waals surface area contributed by atoms with Crippen LogP contribution in [0.1, 0.15) is 37.7 Å². The molecule has 0 saturated heterocycles. The molecule has 2 aliphatic carbocycles. The van der Waals surface area contributed by atoms with E-state index in [2.05, 4.69) is 49.4 Å². The van der Waals surface area contributed by atoms with Gasteiger partial charge in [0.25, 0.3) is 0 Å². The Morgan fingerprint density at radius 2 is 1.89 bits per heavy atom. The molecule has 0 N–H and O–H groups in total. The molecule has 2 aromatic carbocycles. The summed E-state index contributed by atoms with van der Waals surface area (Å²) in [4.78, 5) is 11.6. The van der Waals surface area contributed by atoms with Crippen LogP contribution < -0.4 is 0 Å². The van der Waals surface area contributed by atoms with Crippen LogP contribution in [0.4, 0.5) is 0 Å². The zero-order valence-corrected chi connectivity index (χ0v) is 11.2. The minimum atomic E-state index is -0.0601. The lowest BCUT2D eigenvalue weighted by molar-refractivity contribution is -0.113. The second kappa shape index (κ2) is 3.47. The van der Waals surface area contributed by atoms with E-state index in [0.29, 0.717) is 5.92 Å². The lowest BCUT2D eigenvalue weighted by atomic mass is 9.94. The lowest BCUT2D eigenvalue weighted by Gasteiger charge is -2.10. The minimum Gasteiger partial charge on any atom is -0.303 e. The summed E-state index contributed by atoms with van der Waals surface area (Å²) in [5.74, 6) is 0.441. The third-order valence-corrected chi connectivity index (χ3v) is 5.74. The third-order valence-electron chi connectivity index (χ3n) is 5.74. The molecule has 4 rings (SSSR count). The second-order valence-electron chi connectivity index (χ2n) is 6.47. The highest BCUT2D eigenvalue weighted by atomic mass is 16.1. The molecule has 96 valence electrons. The van der Waals surface area contributed by atoms with Crippen LogP contribution in [-0.4, -0.2) is 6.29 Å². The van der Waals surface area contributed by atoms with Crippen LogP contribution in [0.5, 0.6) is 0 Å². The minimum absolute atomic E-state index is 0.0601. The van der Waals surface area contributed by atoms with Crippen molar-refractivity contribution in [2.75, 3.05) is 0 Å². The zero-order chi connectivity index (χ0) is 13.1. The molecule has 1 heteroatoms. The van der Waals surface area contributed by atoms with Crippen molar-refractivity contribution in [3.8, 4) is 0 Å². The molecular formula is C18H18O. The van der Waals surface area contributed by atoms with Gasteiger partial charge in [0, 0.05) is 11.3 Å². The first-order chi connectivity index (χ1) is 9.21. The summed E-state index contributed by atoms with van der Waals surface area (Å²) in [5, 5.41) is 2.57. The normalized spacial score (nSPS) is 36.2. The molecule has 0 amide bonds. The van der Waals surface area contributed by atoms with Crippen molar-refractivity contribution in [2.45, 2.75) is 32.1 Å². The Bertz CT molecular complexity index is 674. The van der Waals surface area contributed by atoms with Gasteiger partial charge in [-0.15, -0.1) is 0 Å².